The van der Waals surface area contributed by atoms with Crippen LogP contribution in [0.25, 0.3) is 0 Å². The minimum atomic E-state index is -4.55. The second kappa shape index (κ2) is 5.07. The molecule has 0 saturated heterocycles. The summed E-state index contributed by atoms with van der Waals surface area (Å²) in [6.07, 6.45) is -4.85. The van der Waals surface area contributed by atoms with Crippen LogP contribution in [0.2, 0.25) is 0 Å². The molecular formula is C11H11F3O3. The average molecular weight is 248 g/mol. The van der Waals surface area contributed by atoms with E-state index in [4.69, 9.17) is 5.11 Å². The van der Waals surface area contributed by atoms with Gasteiger partial charge in [0.2, 0.25) is 0 Å². The zero-order chi connectivity index (χ0) is 13.1. The minimum absolute atomic E-state index is 0.0655. The lowest BCUT2D eigenvalue weighted by Gasteiger charge is -2.09. The fourth-order valence-corrected chi connectivity index (χ4v) is 1.32. The van der Waals surface area contributed by atoms with Gasteiger partial charge in [0.1, 0.15) is 5.75 Å². The van der Waals surface area contributed by atoms with Gasteiger partial charge in [-0.1, -0.05) is 0 Å². The SMILES string of the molecule is CCOC(=O)Cc1cc(O)cc(C(F)(F)F)c1. The highest BCUT2D eigenvalue weighted by Gasteiger charge is 2.31. The summed E-state index contributed by atoms with van der Waals surface area (Å²) in [4.78, 5) is 11.1. The predicted octanol–water partition coefficient (Wildman–Crippen LogP) is 2.52. The smallest absolute Gasteiger partial charge is 0.416 e. The molecule has 0 unspecified atom stereocenters. The predicted molar refractivity (Wildman–Crippen MR) is 53.4 cm³/mol. The third-order valence-corrected chi connectivity index (χ3v) is 1.96. The van der Waals surface area contributed by atoms with Crippen molar-refractivity contribution in [3.8, 4) is 5.75 Å². The highest BCUT2D eigenvalue weighted by Crippen LogP contribution is 2.32. The molecule has 6 heteroatoms. The quantitative estimate of drug-likeness (QED) is 0.836. The number of hydrogen-bond donors (Lipinski definition) is 1. The van der Waals surface area contributed by atoms with Crippen molar-refractivity contribution in [1.82, 2.24) is 0 Å². The summed E-state index contributed by atoms with van der Waals surface area (Å²) < 4.78 is 41.8. The van der Waals surface area contributed by atoms with Crippen molar-refractivity contribution in [3.05, 3.63) is 29.3 Å². The van der Waals surface area contributed by atoms with E-state index >= 15 is 0 Å². The molecule has 0 radical (unpaired) electrons. The number of hydrogen-bond acceptors (Lipinski definition) is 3. The maximum Gasteiger partial charge on any atom is 0.416 e. The fourth-order valence-electron chi connectivity index (χ4n) is 1.32. The molecule has 17 heavy (non-hydrogen) atoms. The number of ether oxygens (including phenoxy) is 1. The molecule has 0 bridgehead atoms. The Morgan fingerprint density at radius 2 is 2.00 bits per heavy atom. The minimum Gasteiger partial charge on any atom is -0.508 e. The molecule has 0 spiro atoms. The van der Waals surface area contributed by atoms with E-state index in [9.17, 15) is 18.0 Å². The highest BCUT2D eigenvalue weighted by molar-refractivity contribution is 5.72. The molecule has 1 rings (SSSR count). The van der Waals surface area contributed by atoms with Crippen LogP contribution in [0.5, 0.6) is 5.75 Å². The largest absolute Gasteiger partial charge is 0.508 e. The van der Waals surface area contributed by atoms with Crippen LogP contribution in [0, 0.1) is 0 Å². The van der Waals surface area contributed by atoms with Crippen LogP contribution in [0.3, 0.4) is 0 Å². The Hall–Kier alpha value is -1.72. The van der Waals surface area contributed by atoms with E-state index in [1.807, 2.05) is 0 Å². The number of benzene rings is 1. The third kappa shape index (κ3) is 3.97. The molecule has 94 valence electrons. The second-order valence-corrected chi connectivity index (χ2v) is 3.37. The van der Waals surface area contributed by atoms with E-state index < -0.39 is 23.5 Å². The Balaban J connectivity index is 2.94. The van der Waals surface area contributed by atoms with E-state index in [2.05, 4.69) is 4.74 Å². The molecule has 0 aliphatic rings. The number of rotatable bonds is 3. The van der Waals surface area contributed by atoms with Gasteiger partial charge >= 0.3 is 12.1 Å². The summed E-state index contributed by atoms with van der Waals surface area (Å²) >= 11 is 0. The first-order valence-corrected chi connectivity index (χ1v) is 4.88. The number of alkyl halides is 3. The van der Waals surface area contributed by atoms with Crippen molar-refractivity contribution in [2.45, 2.75) is 19.5 Å². The van der Waals surface area contributed by atoms with Gasteiger partial charge in [-0.25, -0.2) is 0 Å². The van der Waals surface area contributed by atoms with Crippen LogP contribution < -0.4 is 0 Å². The number of aromatic hydroxyl groups is 1. The van der Waals surface area contributed by atoms with Crippen molar-refractivity contribution in [3.63, 3.8) is 0 Å². The van der Waals surface area contributed by atoms with Crippen molar-refractivity contribution >= 4 is 5.97 Å². The Labute approximate surface area is 95.8 Å². The molecule has 0 aliphatic carbocycles. The first-order valence-electron chi connectivity index (χ1n) is 4.88. The summed E-state index contributed by atoms with van der Waals surface area (Å²) in [6.45, 7) is 1.76. The molecule has 0 fully saturated rings. The van der Waals surface area contributed by atoms with Crippen LogP contribution in [-0.4, -0.2) is 17.7 Å². The molecule has 1 aromatic carbocycles. The summed E-state index contributed by atoms with van der Waals surface area (Å²) in [5.41, 5.74) is -0.924. The maximum atomic E-state index is 12.4. The van der Waals surface area contributed by atoms with Crippen LogP contribution >= 0.6 is 0 Å². The van der Waals surface area contributed by atoms with E-state index in [0.29, 0.717) is 6.07 Å². The van der Waals surface area contributed by atoms with Gasteiger partial charge in [-0.15, -0.1) is 0 Å². The zero-order valence-electron chi connectivity index (χ0n) is 9.04. The molecule has 0 saturated carbocycles. The average Bonchev–Trinajstić information content (AvgIpc) is 2.15. The highest BCUT2D eigenvalue weighted by atomic mass is 19.4. The van der Waals surface area contributed by atoms with E-state index in [1.54, 1.807) is 6.92 Å². The number of halogens is 3. The summed E-state index contributed by atoms with van der Waals surface area (Å²) in [6, 6.07) is 2.53. The molecule has 0 aromatic heterocycles. The van der Waals surface area contributed by atoms with Crippen LogP contribution in [-0.2, 0) is 22.1 Å². The topological polar surface area (TPSA) is 46.5 Å². The van der Waals surface area contributed by atoms with Crippen molar-refractivity contribution in [2.24, 2.45) is 0 Å². The molecule has 1 N–H and O–H groups in total. The van der Waals surface area contributed by atoms with Gasteiger partial charge in [0.05, 0.1) is 18.6 Å². The summed E-state index contributed by atoms with van der Waals surface area (Å²) in [5.74, 6) is -1.16. The second-order valence-electron chi connectivity index (χ2n) is 3.37. The number of esters is 1. The van der Waals surface area contributed by atoms with E-state index in [-0.39, 0.29) is 18.6 Å². The standard InChI is InChI=1S/C11H11F3O3/c1-2-17-10(16)5-7-3-8(11(12,13)14)6-9(15)4-7/h3-4,6,15H,2,5H2,1H3. The van der Waals surface area contributed by atoms with Gasteiger partial charge in [0.25, 0.3) is 0 Å². The van der Waals surface area contributed by atoms with E-state index in [1.165, 1.54) is 0 Å². The molecule has 0 amide bonds. The zero-order valence-corrected chi connectivity index (χ0v) is 9.04. The molecule has 3 nitrogen and oxygen atoms in total. The van der Waals surface area contributed by atoms with Crippen molar-refractivity contribution in [2.75, 3.05) is 6.61 Å². The Bertz CT molecular complexity index is 413. The monoisotopic (exact) mass is 248 g/mol. The lowest BCUT2D eigenvalue weighted by atomic mass is 10.1. The lowest BCUT2D eigenvalue weighted by Crippen LogP contribution is -2.10. The molecular weight excluding hydrogens is 237 g/mol. The van der Waals surface area contributed by atoms with Crippen LogP contribution in [0.1, 0.15) is 18.1 Å². The molecule has 0 aliphatic heterocycles. The first kappa shape index (κ1) is 13.3. The molecule has 0 atom stereocenters. The first-order chi connectivity index (χ1) is 7.82. The van der Waals surface area contributed by atoms with Gasteiger partial charge in [-0.3, -0.25) is 4.79 Å². The Morgan fingerprint density at radius 1 is 1.35 bits per heavy atom. The summed E-state index contributed by atoms with van der Waals surface area (Å²) in [7, 11) is 0. The number of phenols is 1. The van der Waals surface area contributed by atoms with Gasteiger partial charge in [0, 0.05) is 0 Å². The van der Waals surface area contributed by atoms with Crippen LogP contribution in [0.4, 0.5) is 13.2 Å². The molecule has 0 heterocycles. The van der Waals surface area contributed by atoms with Gasteiger partial charge < -0.3 is 9.84 Å². The summed E-state index contributed by atoms with van der Waals surface area (Å²) in [5, 5.41) is 9.15. The van der Waals surface area contributed by atoms with Gasteiger partial charge in [0.15, 0.2) is 0 Å². The molecule has 1 aromatic rings. The van der Waals surface area contributed by atoms with E-state index in [0.717, 1.165) is 12.1 Å². The normalized spacial score (nSPS) is 11.3. The lowest BCUT2D eigenvalue weighted by molar-refractivity contribution is -0.142. The Kier molecular flexibility index (Phi) is 3.98. The number of carbonyl (C=O) groups excluding carboxylic acids is 1. The Morgan fingerprint density at radius 3 is 2.53 bits per heavy atom. The van der Waals surface area contributed by atoms with Gasteiger partial charge in [-0.2, -0.15) is 13.2 Å². The maximum absolute atomic E-state index is 12.4. The van der Waals surface area contributed by atoms with Crippen molar-refractivity contribution < 1.29 is 27.8 Å². The van der Waals surface area contributed by atoms with Crippen LogP contribution in [0.15, 0.2) is 18.2 Å². The number of phenolic OH excluding ortho intramolecular Hbond substituents is 1. The van der Waals surface area contributed by atoms with Gasteiger partial charge in [-0.05, 0) is 30.7 Å². The van der Waals surface area contributed by atoms with Crippen molar-refractivity contribution in [1.29, 1.82) is 0 Å². The number of carbonyl (C=O) groups is 1. The third-order valence-electron chi connectivity index (χ3n) is 1.96. The fraction of sp³-hybridized carbons (Fsp3) is 0.364.